The van der Waals surface area contributed by atoms with Crippen LogP contribution in [0, 0.1) is 11.7 Å². The van der Waals surface area contributed by atoms with Gasteiger partial charge in [-0.05, 0) is 50.7 Å². The molecule has 1 aliphatic heterocycles. The van der Waals surface area contributed by atoms with E-state index >= 15 is 0 Å². The topological polar surface area (TPSA) is 59.5 Å². The SMILES string of the molecule is COc1cc2cnc(Nc3ccc(Cl)cc3F)nc2cc1OCC1CCCN(C)C1. The quantitative estimate of drug-likeness (QED) is 0.600. The summed E-state index contributed by atoms with van der Waals surface area (Å²) in [4.78, 5) is 11.1. The Labute approximate surface area is 180 Å². The maximum absolute atomic E-state index is 14.1. The Balaban J connectivity index is 1.56. The van der Waals surface area contributed by atoms with Crippen LogP contribution in [-0.2, 0) is 0 Å². The zero-order valence-corrected chi connectivity index (χ0v) is 17.7. The molecule has 1 N–H and O–H groups in total. The molecule has 1 aromatic heterocycles. The van der Waals surface area contributed by atoms with Gasteiger partial charge in [0, 0.05) is 35.1 Å². The Kier molecular flexibility index (Phi) is 6.20. The van der Waals surface area contributed by atoms with E-state index in [0.29, 0.717) is 34.6 Å². The van der Waals surface area contributed by atoms with E-state index in [0.717, 1.165) is 24.9 Å². The lowest BCUT2D eigenvalue weighted by Gasteiger charge is -2.29. The molecule has 0 saturated carbocycles. The highest BCUT2D eigenvalue weighted by molar-refractivity contribution is 6.30. The van der Waals surface area contributed by atoms with Gasteiger partial charge in [-0.2, -0.15) is 0 Å². The lowest BCUT2D eigenvalue weighted by molar-refractivity contribution is 0.148. The Hall–Kier alpha value is -2.64. The fourth-order valence-corrected chi connectivity index (χ4v) is 3.86. The molecule has 0 aliphatic carbocycles. The summed E-state index contributed by atoms with van der Waals surface area (Å²) in [6, 6.07) is 8.09. The molecule has 2 aromatic carbocycles. The van der Waals surface area contributed by atoms with Crippen LogP contribution in [0.4, 0.5) is 16.0 Å². The van der Waals surface area contributed by atoms with Crippen LogP contribution >= 0.6 is 11.6 Å². The molecule has 2 heterocycles. The highest BCUT2D eigenvalue weighted by Crippen LogP contribution is 2.33. The largest absolute Gasteiger partial charge is 0.493 e. The fourth-order valence-electron chi connectivity index (χ4n) is 3.70. The van der Waals surface area contributed by atoms with Gasteiger partial charge < -0.3 is 19.7 Å². The summed E-state index contributed by atoms with van der Waals surface area (Å²) in [5.74, 6) is 1.58. The van der Waals surface area contributed by atoms with E-state index < -0.39 is 5.82 Å². The number of rotatable bonds is 6. The lowest BCUT2D eigenvalue weighted by Crippen LogP contribution is -2.34. The first-order valence-electron chi connectivity index (χ1n) is 9.90. The van der Waals surface area contributed by atoms with Crippen LogP contribution in [0.3, 0.4) is 0 Å². The van der Waals surface area contributed by atoms with Crippen LogP contribution < -0.4 is 14.8 Å². The number of methoxy groups -OCH3 is 1. The second kappa shape index (κ2) is 9.02. The third-order valence-electron chi connectivity index (χ3n) is 5.24. The van der Waals surface area contributed by atoms with Gasteiger partial charge in [0.15, 0.2) is 11.5 Å². The van der Waals surface area contributed by atoms with Crippen molar-refractivity contribution in [2.45, 2.75) is 12.8 Å². The first-order chi connectivity index (χ1) is 14.5. The summed E-state index contributed by atoms with van der Waals surface area (Å²) in [6.07, 6.45) is 4.01. The summed E-state index contributed by atoms with van der Waals surface area (Å²) in [6.45, 7) is 2.79. The number of ether oxygens (including phenoxy) is 2. The first kappa shape index (κ1) is 20.6. The van der Waals surface area contributed by atoms with E-state index in [9.17, 15) is 4.39 Å². The molecule has 0 radical (unpaired) electrons. The second-order valence-electron chi connectivity index (χ2n) is 7.59. The van der Waals surface area contributed by atoms with Gasteiger partial charge >= 0.3 is 0 Å². The number of aromatic nitrogens is 2. The van der Waals surface area contributed by atoms with Crippen molar-refractivity contribution in [2.24, 2.45) is 5.92 Å². The number of benzene rings is 2. The normalized spacial score (nSPS) is 17.1. The Bertz CT molecular complexity index is 1050. The molecule has 1 fully saturated rings. The summed E-state index contributed by atoms with van der Waals surface area (Å²) in [5.41, 5.74) is 0.934. The van der Waals surface area contributed by atoms with Crippen molar-refractivity contribution < 1.29 is 13.9 Å². The highest BCUT2D eigenvalue weighted by atomic mass is 35.5. The van der Waals surface area contributed by atoms with Crippen molar-refractivity contribution in [3.05, 3.63) is 47.4 Å². The van der Waals surface area contributed by atoms with E-state index in [-0.39, 0.29) is 11.6 Å². The molecule has 0 amide bonds. The van der Waals surface area contributed by atoms with Crippen LogP contribution in [0.15, 0.2) is 36.5 Å². The Morgan fingerprint density at radius 1 is 1.27 bits per heavy atom. The van der Waals surface area contributed by atoms with E-state index in [2.05, 4.69) is 27.2 Å². The highest BCUT2D eigenvalue weighted by Gasteiger charge is 2.19. The van der Waals surface area contributed by atoms with Gasteiger partial charge in [-0.3, -0.25) is 0 Å². The van der Waals surface area contributed by atoms with Crippen molar-refractivity contribution in [1.82, 2.24) is 14.9 Å². The van der Waals surface area contributed by atoms with Crippen LogP contribution in [-0.4, -0.2) is 48.7 Å². The maximum atomic E-state index is 14.1. The third kappa shape index (κ3) is 4.74. The van der Waals surface area contributed by atoms with Crippen molar-refractivity contribution in [3.8, 4) is 11.5 Å². The molecule has 158 valence electrons. The molecule has 8 heteroatoms. The third-order valence-corrected chi connectivity index (χ3v) is 5.47. The van der Waals surface area contributed by atoms with Gasteiger partial charge in [0.1, 0.15) is 5.82 Å². The predicted octanol–water partition coefficient (Wildman–Crippen LogP) is 4.90. The van der Waals surface area contributed by atoms with Gasteiger partial charge in [-0.25, -0.2) is 14.4 Å². The number of nitrogens with one attached hydrogen (secondary N) is 1. The molecule has 0 spiro atoms. The van der Waals surface area contributed by atoms with Crippen LogP contribution in [0.5, 0.6) is 11.5 Å². The monoisotopic (exact) mass is 430 g/mol. The molecule has 6 nitrogen and oxygen atoms in total. The fraction of sp³-hybridized carbons (Fsp3) is 0.364. The standard InChI is InChI=1S/C22H24ClFN4O2/c1-28-7-3-4-14(12-28)13-30-21-10-19-15(8-20(21)29-2)11-25-22(27-19)26-18-6-5-16(23)9-17(18)24/h5-6,8-11,14H,3-4,7,12-13H2,1-2H3,(H,25,26,27). The molecule has 1 atom stereocenters. The number of piperidine rings is 1. The lowest BCUT2D eigenvalue weighted by atomic mass is 9.99. The average molecular weight is 431 g/mol. The van der Waals surface area contributed by atoms with Crippen LogP contribution in [0.25, 0.3) is 10.9 Å². The molecule has 3 aromatic rings. The molecule has 4 rings (SSSR count). The number of hydrogen-bond acceptors (Lipinski definition) is 6. The second-order valence-corrected chi connectivity index (χ2v) is 8.02. The molecular formula is C22H24ClFN4O2. The summed E-state index contributed by atoms with van der Waals surface area (Å²) >= 11 is 5.81. The van der Waals surface area contributed by atoms with E-state index in [1.165, 1.54) is 12.5 Å². The van der Waals surface area contributed by atoms with Gasteiger partial charge in [0.25, 0.3) is 0 Å². The summed E-state index contributed by atoms with van der Waals surface area (Å²) in [7, 11) is 3.75. The van der Waals surface area contributed by atoms with Crippen LogP contribution in [0.2, 0.25) is 5.02 Å². The minimum atomic E-state index is -0.470. The molecule has 0 bridgehead atoms. The van der Waals surface area contributed by atoms with Crippen LogP contribution in [0.1, 0.15) is 12.8 Å². The summed E-state index contributed by atoms with van der Waals surface area (Å²) < 4.78 is 25.7. The van der Waals surface area contributed by atoms with Crippen molar-refractivity contribution in [2.75, 3.05) is 39.2 Å². The average Bonchev–Trinajstić information content (AvgIpc) is 2.73. The zero-order chi connectivity index (χ0) is 21.1. The molecule has 1 unspecified atom stereocenters. The molecule has 30 heavy (non-hydrogen) atoms. The Morgan fingerprint density at radius 3 is 2.90 bits per heavy atom. The number of halogens is 2. The first-order valence-corrected chi connectivity index (χ1v) is 10.3. The Morgan fingerprint density at radius 2 is 2.13 bits per heavy atom. The minimum absolute atomic E-state index is 0.255. The smallest absolute Gasteiger partial charge is 0.227 e. The zero-order valence-electron chi connectivity index (χ0n) is 17.0. The van der Waals surface area contributed by atoms with Gasteiger partial charge in [-0.1, -0.05) is 11.6 Å². The minimum Gasteiger partial charge on any atom is -0.493 e. The van der Waals surface area contributed by atoms with Crippen molar-refractivity contribution in [1.29, 1.82) is 0 Å². The van der Waals surface area contributed by atoms with Gasteiger partial charge in [0.2, 0.25) is 5.95 Å². The predicted molar refractivity (Wildman–Crippen MR) is 116 cm³/mol. The van der Waals surface area contributed by atoms with Gasteiger partial charge in [0.05, 0.1) is 24.9 Å². The van der Waals surface area contributed by atoms with E-state index in [4.69, 9.17) is 21.1 Å². The number of anilines is 2. The number of fused-ring (bicyclic) bond motifs is 1. The maximum Gasteiger partial charge on any atom is 0.227 e. The summed E-state index contributed by atoms with van der Waals surface area (Å²) in [5, 5.41) is 4.03. The molecular weight excluding hydrogens is 407 g/mol. The number of hydrogen-bond donors (Lipinski definition) is 1. The van der Waals surface area contributed by atoms with E-state index in [1.54, 1.807) is 25.4 Å². The van der Waals surface area contributed by atoms with Crippen molar-refractivity contribution >= 4 is 34.1 Å². The molecule has 1 aliphatic rings. The number of likely N-dealkylation sites (tertiary alicyclic amines) is 1. The van der Waals surface area contributed by atoms with E-state index in [1.807, 2.05) is 12.1 Å². The number of nitrogens with zero attached hydrogens (tertiary/aromatic N) is 3. The molecule has 1 saturated heterocycles. The van der Waals surface area contributed by atoms with Gasteiger partial charge in [-0.15, -0.1) is 0 Å². The van der Waals surface area contributed by atoms with Crippen molar-refractivity contribution in [3.63, 3.8) is 0 Å².